The summed E-state index contributed by atoms with van der Waals surface area (Å²) < 4.78 is 56.3. The molecule has 0 radical (unpaired) electrons. The van der Waals surface area contributed by atoms with Crippen molar-refractivity contribution in [2.24, 2.45) is 4.99 Å². The molecule has 1 fully saturated rings. The number of hydroxylamine groups is 1. The molecule has 36 heavy (non-hydrogen) atoms. The van der Waals surface area contributed by atoms with Gasteiger partial charge in [-0.15, -0.1) is 0 Å². The fraction of sp³-hybridized carbons (Fsp3) is 0.476. The first-order chi connectivity index (χ1) is 16.8. The Balaban J connectivity index is 1.59. The van der Waals surface area contributed by atoms with Crippen LogP contribution in [0.1, 0.15) is 45.7 Å². The number of aliphatic imine (C=N–C) groups is 1. The van der Waals surface area contributed by atoms with Crippen molar-refractivity contribution in [2.45, 2.75) is 57.1 Å². The van der Waals surface area contributed by atoms with E-state index >= 15 is 0 Å². The van der Waals surface area contributed by atoms with Crippen molar-refractivity contribution in [1.82, 2.24) is 21.1 Å². The van der Waals surface area contributed by atoms with Crippen molar-refractivity contribution in [3.05, 3.63) is 34.7 Å². The number of alkyl halides is 2. The maximum absolute atomic E-state index is 14.0. The number of carbonyl (C=O) groups excluding carboxylic acids is 2. The second-order valence-electron chi connectivity index (χ2n) is 8.88. The molecule has 0 aliphatic heterocycles. The lowest BCUT2D eigenvalue weighted by molar-refractivity contribution is -0.125. The van der Waals surface area contributed by atoms with Gasteiger partial charge in [-0.2, -0.15) is 0 Å². The second-order valence-corrected chi connectivity index (χ2v) is 9.28. The normalized spacial score (nSPS) is 18.9. The van der Waals surface area contributed by atoms with Crippen LogP contribution in [0.15, 0.2) is 27.8 Å². The number of aromatic nitrogens is 2. The fourth-order valence-electron chi connectivity index (χ4n) is 3.12. The Morgan fingerprint density at radius 1 is 1.31 bits per heavy atom. The Morgan fingerprint density at radius 2 is 2.00 bits per heavy atom. The van der Waals surface area contributed by atoms with Crippen LogP contribution in [0.3, 0.4) is 0 Å². The van der Waals surface area contributed by atoms with Gasteiger partial charge in [0.25, 0.3) is 11.8 Å². The molecule has 3 rings (SSSR count). The van der Waals surface area contributed by atoms with Crippen LogP contribution in [0.25, 0.3) is 0 Å². The predicted molar refractivity (Wildman–Crippen MR) is 118 cm³/mol. The first kappa shape index (κ1) is 27.2. The van der Waals surface area contributed by atoms with Crippen LogP contribution in [0, 0.1) is 5.82 Å². The highest BCUT2D eigenvalue weighted by atomic mass is 35.5. The molecule has 11 nitrogen and oxygen atoms in total. The largest absolute Gasteiger partial charge is 0.474 e. The number of nitrogens with one attached hydrogen (secondary N) is 2. The van der Waals surface area contributed by atoms with E-state index in [0.717, 1.165) is 6.07 Å². The number of ether oxygens (including phenoxy) is 2. The van der Waals surface area contributed by atoms with E-state index in [0.29, 0.717) is 0 Å². The molecule has 196 valence electrons. The van der Waals surface area contributed by atoms with Gasteiger partial charge < -0.3 is 14.8 Å². The molecule has 0 spiro atoms. The molecule has 1 aromatic carbocycles. The summed E-state index contributed by atoms with van der Waals surface area (Å²) in [4.78, 5) is 28.5. The number of hydrogen-bond donors (Lipinski definition) is 3. The van der Waals surface area contributed by atoms with E-state index in [1.165, 1.54) is 12.1 Å². The molecular weight excluding hydrogens is 511 g/mol. The standard InChI is InChI=1S/C21H23ClF3N5O6/c1-19(2,3)35-18(32)27-20(10-21(20,24)25)14(31)5-4-8-34-17-15(29-36-30-17)16(28-33)26-11-6-7-13(23)12(22)9-11/h6-7,9,33H,4-5,8,10H2,1-3H3,(H,26,28)(H,27,32). The number of halogens is 4. The first-order valence-electron chi connectivity index (χ1n) is 10.6. The lowest BCUT2D eigenvalue weighted by Crippen LogP contribution is -2.49. The predicted octanol–water partition coefficient (Wildman–Crippen LogP) is 3.95. The van der Waals surface area contributed by atoms with Crippen LogP contribution >= 0.6 is 11.6 Å². The summed E-state index contributed by atoms with van der Waals surface area (Å²) >= 11 is 5.71. The number of amidine groups is 1. The summed E-state index contributed by atoms with van der Waals surface area (Å²) in [6.45, 7) is 4.51. The number of Topliss-reactive ketones (excluding diaryl/α,β-unsaturated/α-hetero) is 1. The molecule has 3 N–H and O–H groups in total. The van der Waals surface area contributed by atoms with Gasteiger partial charge in [-0.1, -0.05) is 11.6 Å². The van der Waals surface area contributed by atoms with Gasteiger partial charge in [0.2, 0.25) is 5.69 Å². The summed E-state index contributed by atoms with van der Waals surface area (Å²) in [5.74, 6) is -5.44. The molecule has 1 unspecified atom stereocenters. The molecule has 15 heteroatoms. The molecular formula is C21H23ClF3N5O6. The molecule has 0 saturated heterocycles. The highest BCUT2D eigenvalue weighted by Crippen LogP contribution is 2.54. The minimum atomic E-state index is -3.40. The van der Waals surface area contributed by atoms with Crippen molar-refractivity contribution in [1.29, 1.82) is 0 Å². The number of nitrogens with zero attached hydrogens (tertiary/aromatic N) is 3. The Bertz CT molecular complexity index is 1170. The third kappa shape index (κ3) is 6.23. The van der Waals surface area contributed by atoms with Gasteiger partial charge in [0.1, 0.15) is 11.4 Å². The zero-order valence-electron chi connectivity index (χ0n) is 19.4. The zero-order valence-corrected chi connectivity index (χ0v) is 20.2. The van der Waals surface area contributed by atoms with Gasteiger partial charge in [-0.3, -0.25) is 15.5 Å². The summed E-state index contributed by atoms with van der Waals surface area (Å²) in [7, 11) is 0. The van der Waals surface area contributed by atoms with E-state index in [1.54, 1.807) is 26.3 Å². The minimum absolute atomic E-state index is 0.0223. The number of carbonyl (C=O) groups is 2. The van der Waals surface area contributed by atoms with E-state index in [1.807, 2.05) is 5.32 Å². The van der Waals surface area contributed by atoms with Gasteiger partial charge in [0.15, 0.2) is 17.2 Å². The van der Waals surface area contributed by atoms with E-state index in [-0.39, 0.29) is 47.6 Å². The van der Waals surface area contributed by atoms with Gasteiger partial charge in [0.05, 0.1) is 23.7 Å². The van der Waals surface area contributed by atoms with E-state index in [4.69, 9.17) is 21.1 Å². The van der Waals surface area contributed by atoms with Crippen molar-refractivity contribution >= 4 is 35.0 Å². The van der Waals surface area contributed by atoms with Crippen LogP contribution in [-0.4, -0.2) is 56.9 Å². The Kier molecular flexibility index (Phi) is 7.79. The summed E-state index contributed by atoms with van der Waals surface area (Å²) in [6, 6.07) is 3.55. The quantitative estimate of drug-likeness (QED) is 0.188. The number of benzene rings is 1. The van der Waals surface area contributed by atoms with Crippen molar-refractivity contribution in [3.8, 4) is 5.88 Å². The van der Waals surface area contributed by atoms with Gasteiger partial charge in [-0.25, -0.2) is 27.6 Å². The van der Waals surface area contributed by atoms with E-state index in [2.05, 4.69) is 19.9 Å². The Hall–Kier alpha value is -3.39. The monoisotopic (exact) mass is 533 g/mol. The van der Waals surface area contributed by atoms with Crippen LogP contribution in [-0.2, 0) is 9.53 Å². The lowest BCUT2D eigenvalue weighted by Gasteiger charge is -2.23. The van der Waals surface area contributed by atoms with Crippen molar-refractivity contribution in [3.63, 3.8) is 0 Å². The maximum atomic E-state index is 14.0. The minimum Gasteiger partial charge on any atom is -0.474 e. The van der Waals surface area contributed by atoms with Gasteiger partial charge >= 0.3 is 6.09 Å². The zero-order chi connectivity index (χ0) is 26.7. The molecule has 1 aliphatic rings. The number of rotatable bonds is 9. The molecule has 0 bridgehead atoms. The molecule has 1 aliphatic carbocycles. The Morgan fingerprint density at radius 3 is 2.58 bits per heavy atom. The lowest BCUT2D eigenvalue weighted by atomic mass is 10.1. The summed E-state index contributed by atoms with van der Waals surface area (Å²) in [5, 5.41) is 18.3. The highest BCUT2D eigenvalue weighted by Gasteiger charge is 2.76. The number of alkyl carbamates (subject to hydrolysis) is 1. The smallest absolute Gasteiger partial charge is 0.408 e. The van der Waals surface area contributed by atoms with Crippen LogP contribution < -0.4 is 15.5 Å². The van der Waals surface area contributed by atoms with Crippen LogP contribution in [0.4, 0.5) is 23.7 Å². The topological polar surface area (TPSA) is 148 Å². The van der Waals surface area contributed by atoms with E-state index in [9.17, 15) is 28.0 Å². The van der Waals surface area contributed by atoms with E-state index < -0.39 is 41.2 Å². The first-order valence-corrected chi connectivity index (χ1v) is 11.0. The molecule has 1 heterocycles. The molecule has 1 amide bonds. The molecule has 1 saturated carbocycles. The number of ketones is 1. The molecule has 1 aromatic heterocycles. The number of amides is 1. The van der Waals surface area contributed by atoms with Gasteiger partial charge in [0, 0.05) is 6.42 Å². The fourth-order valence-corrected chi connectivity index (χ4v) is 3.30. The van der Waals surface area contributed by atoms with Crippen LogP contribution in [0.2, 0.25) is 5.02 Å². The van der Waals surface area contributed by atoms with Gasteiger partial charge in [-0.05, 0) is 55.7 Å². The number of hydrogen-bond acceptors (Lipinski definition) is 9. The SMILES string of the molecule is CC(C)(C)OC(=O)NC1(C(=O)CCCOc2nonc2C(=Nc2ccc(F)c(Cl)c2)NO)CC1(F)F. The molecule has 2 aromatic rings. The van der Waals surface area contributed by atoms with Crippen molar-refractivity contribution in [2.75, 3.05) is 6.61 Å². The van der Waals surface area contributed by atoms with Crippen LogP contribution in [0.5, 0.6) is 5.88 Å². The Labute approximate surface area is 207 Å². The maximum Gasteiger partial charge on any atom is 0.408 e. The summed E-state index contributed by atoms with van der Waals surface area (Å²) in [5.41, 5.74) is -1.47. The third-order valence-corrected chi connectivity index (χ3v) is 5.19. The van der Waals surface area contributed by atoms with Crippen molar-refractivity contribution < 1.29 is 42.1 Å². The highest BCUT2D eigenvalue weighted by molar-refractivity contribution is 6.31. The second kappa shape index (κ2) is 10.3. The average molecular weight is 534 g/mol. The summed E-state index contributed by atoms with van der Waals surface area (Å²) in [6.07, 6.45) is -2.32. The molecule has 1 atom stereocenters. The third-order valence-electron chi connectivity index (χ3n) is 4.90. The average Bonchev–Trinajstić information content (AvgIpc) is 3.09.